The molecular weight excluding hydrogens is 242 g/mol. The van der Waals surface area contributed by atoms with Gasteiger partial charge in [0, 0.05) is 34.4 Å². The molecule has 0 saturated carbocycles. The molecule has 2 aromatic heterocycles. The van der Waals surface area contributed by atoms with Crippen molar-refractivity contribution in [2.45, 2.75) is 32.4 Å². The van der Waals surface area contributed by atoms with E-state index in [9.17, 15) is 0 Å². The Balaban J connectivity index is 2.18. The molecule has 0 fully saturated rings. The van der Waals surface area contributed by atoms with Crippen LogP contribution in [0.1, 0.15) is 20.8 Å². The van der Waals surface area contributed by atoms with Crippen molar-refractivity contribution in [3.05, 3.63) is 35.2 Å². The van der Waals surface area contributed by atoms with Crippen molar-refractivity contribution in [1.29, 1.82) is 0 Å². The van der Waals surface area contributed by atoms with Crippen LogP contribution in [0, 0.1) is 0 Å². The SMILES string of the molecule is CC(Nc1ccnc(-c2ccsc2)c1)C(C)(C)N. The lowest BCUT2D eigenvalue weighted by Crippen LogP contribution is -2.47. The van der Waals surface area contributed by atoms with Crippen molar-refractivity contribution >= 4 is 17.0 Å². The van der Waals surface area contributed by atoms with Crippen LogP contribution in [0.4, 0.5) is 5.69 Å². The highest BCUT2D eigenvalue weighted by molar-refractivity contribution is 7.08. The fraction of sp³-hybridized carbons (Fsp3) is 0.357. The summed E-state index contributed by atoms with van der Waals surface area (Å²) in [5, 5.41) is 7.58. The zero-order valence-electron chi connectivity index (χ0n) is 11.0. The molecule has 3 N–H and O–H groups in total. The summed E-state index contributed by atoms with van der Waals surface area (Å²) in [5.41, 5.74) is 9.02. The monoisotopic (exact) mass is 261 g/mol. The molecule has 1 unspecified atom stereocenters. The van der Waals surface area contributed by atoms with Crippen molar-refractivity contribution in [2.24, 2.45) is 5.73 Å². The first-order chi connectivity index (χ1) is 8.47. The van der Waals surface area contributed by atoms with Crippen LogP contribution in [-0.2, 0) is 0 Å². The number of pyridine rings is 1. The summed E-state index contributed by atoms with van der Waals surface area (Å²) >= 11 is 1.68. The molecule has 0 radical (unpaired) electrons. The molecule has 4 heteroatoms. The van der Waals surface area contributed by atoms with Gasteiger partial charge in [0.05, 0.1) is 5.69 Å². The number of nitrogens with one attached hydrogen (secondary N) is 1. The smallest absolute Gasteiger partial charge is 0.0730 e. The zero-order valence-corrected chi connectivity index (χ0v) is 11.8. The van der Waals surface area contributed by atoms with E-state index in [0.29, 0.717) is 0 Å². The van der Waals surface area contributed by atoms with Crippen molar-refractivity contribution in [1.82, 2.24) is 4.98 Å². The second-order valence-corrected chi connectivity index (χ2v) is 5.91. The molecule has 3 nitrogen and oxygen atoms in total. The lowest BCUT2D eigenvalue weighted by atomic mass is 9.97. The summed E-state index contributed by atoms with van der Waals surface area (Å²) in [5.74, 6) is 0. The predicted octanol–water partition coefficient (Wildman–Crippen LogP) is 3.35. The van der Waals surface area contributed by atoms with Crippen molar-refractivity contribution in [2.75, 3.05) is 5.32 Å². The Morgan fingerprint density at radius 1 is 1.39 bits per heavy atom. The molecule has 2 rings (SSSR count). The van der Waals surface area contributed by atoms with Gasteiger partial charge in [-0.15, -0.1) is 0 Å². The van der Waals surface area contributed by atoms with Gasteiger partial charge >= 0.3 is 0 Å². The van der Waals surface area contributed by atoms with Gasteiger partial charge in [0.25, 0.3) is 0 Å². The van der Waals surface area contributed by atoms with Gasteiger partial charge in [0.15, 0.2) is 0 Å². The van der Waals surface area contributed by atoms with E-state index in [4.69, 9.17) is 5.73 Å². The molecule has 18 heavy (non-hydrogen) atoms. The number of rotatable bonds is 4. The Hall–Kier alpha value is -1.39. The van der Waals surface area contributed by atoms with Crippen molar-refractivity contribution in [3.63, 3.8) is 0 Å². The lowest BCUT2D eigenvalue weighted by molar-refractivity contribution is 0.456. The number of hydrogen-bond acceptors (Lipinski definition) is 4. The highest BCUT2D eigenvalue weighted by Crippen LogP contribution is 2.23. The van der Waals surface area contributed by atoms with Crippen molar-refractivity contribution < 1.29 is 0 Å². The minimum atomic E-state index is -0.258. The number of nitrogens with zero attached hydrogens (tertiary/aromatic N) is 1. The summed E-state index contributed by atoms with van der Waals surface area (Å²) in [6.07, 6.45) is 1.82. The maximum absolute atomic E-state index is 6.08. The van der Waals surface area contributed by atoms with E-state index in [1.165, 1.54) is 0 Å². The van der Waals surface area contributed by atoms with E-state index < -0.39 is 0 Å². The maximum atomic E-state index is 6.08. The van der Waals surface area contributed by atoms with Gasteiger partial charge in [-0.05, 0) is 44.4 Å². The van der Waals surface area contributed by atoms with E-state index in [1.807, 2.05) is 26.1 Å². The summed E-state index contributed by atoms with van der Waals surface area (Å²) in [7, 11) is 0. The minimum Gasteiger partial charge on any atom is -0.381 e. The third-order valence-corrected chi connectivity index (χ3v) is 3.76. The van der Waals surface area contributed by atoms with Gasteiger partial charge in [-0.25, -0.2) is 0 Å². The molecule has 0 aliphatic carbocycles. The Bertz CT molecular complexity index is 500. The largest absolute Gasteiger partial charge is 0.381 e. The van der Waals surface area contributed by atoms with Crippen LogP contribution in [0.2, 0.25) is 0 Å². The molecule has 2 aromatic rings. The van der Waals surface area contributed by atoms with Gasteiger partial charge in [-0.1, -0.05) is 0 Å². The summed E-state index contributed by atoms with van der Waals surface area (Å²) in [6, 6.07) is 6.30. The molecule has 0 amide bonds. The molecule has 1 atom stereocenters. The highest BCUT2D eigenvalue weighted by Gasteiger charge is 2.20. The summed E-state index contributed by atoms with van der Waals surface area (Å²) in [4.78, 5) is 4.39. The van der Waals surface area contributed by atoms with E-state index in [2.05, 4.69) is 40.1 Å². The molecule has 96 valence electrons. The van der Waals surface area contributed by atoms with Gasteiger partial charge < -0.3 is 11.1 Å². The fourth-order valence-corrected chi connectivity index (χ4v) is 2.17. The van der Waals surface area contributed by atoms with E-state index in [0.717, 1.165) is 16.9 Å². The average Bonchev–Trinajstić information content (AvgIpc) is 2.81. The van der Waals surface area contributed by atoms with E-state index >= 15 is 0 Å². The molecule has 0 aromatic carbocycles. The zero-order chi connectivity index (χ0) is 13.2. The Labute approximate surface area is 112 Å². The first-order valence-corrected chi connectivity index (χ1v) is 6.95. The molecule has 0 spiro atoms. The molecular formula is C14H19N3S. The van der Waals surface area contributed by atoms with Gasteiger partial charge in [-0.2, -0.15) is 11.3 Å². The number of thiophene rings is 1. The second-order valence-electron chi connectivity index (χ2n) is 5.13. The fourth-order valence-electron chi connectivity index (χ4n) is 1.52. The van der Waals surface area contributed by atoms with Crippen LogP contribution in [0.3, 0.4) is 0 Å². The number of aromatic nitrogens is 1. The average molecular weight is 261 g/mol. The minimum absolute atomic E-state index is 0.190. The number of nitrogens with two attached hydrogens (primary N) is 1. The predicted molar refractivity (Wildman–Crippen MR) is 78.9 cm³/mol. The Morgan fingerprint density at radius 2 is 2.17 bits per heavy atom. The molecule has 2 heterocycles. The summed E-state index contributed by atoms with van der Waals surface area (Å²) in [6.45, 7) is 6.13. The first kappa shape index (κ1) is 13.1. The van der Waals surface area contributed by atoms with E-state index in [1.54, 1.807) is 11.3 Å². The number of hydrogen-bond donors (Lipinski definition) is 2. The number of anilines is 1. The highest BCUT2D eigenvalue weighted by atomic mass is 32.1. The van der Waals surface area contributed by atoms with Crippen LogP contribution in [0.25, 0.3) is 11.3 Å². The third kappa shape index (κ3) is 3.09. The Morgan fingerprint density at radius 3 is 2.78 bits per heavy atom. The van der Waals surface area contributed by atoms with E-state index in [-0.39, 0.29) is 11.6 Å². The Kier molecular flexibility index (Phi) is 3.68. The molecule has 0 aliphatic rings. The molecule has 0 aliphatic heterocycles. The normalized spacial score (nSPS) is 13.3. The standard InChI is InChI=1S/C14H19N3S/c1-10(14(2,3)15)17-12-4-6-16-13(8-12)11-5-7-18-9-11/h4-10H,15H2,1-3H3,(H,16,17). The van der Waals surface area contributed by atoms with Crippen LogP contribution >= 0.6 is 11.3 Å². The van der Waals surface area contributed by atoms with Gasteiger partial charge in [-0.3, -0.25) is 4.98 Å². The van der Waals surface area contributed by atoms with Crippen LogP contribution in [0.5, 0.6) is 0 Å². The first-order valence-electron chi connectivity index (χ1n) is 6.01. The maximum Gasteiger partial charge on any atom is 0.0730 e. The molecule has 0 saturated heterocycles. The molecule has 0 bridgehead atoms. The van der Waals surface area contributed by atoms with Crippen LogP contribution in [-0.4, -0.2) is 16.6 Å². The quantitative estimate of drug-likeness (QED) is 0.887. The third-order valence-electron chi connectivity index (χ3n) is 3.08. The van der Waals surface area contributed by atoms with Gasteiger partial charge in [0.1, 0.15) is 0 Å². The van der Waals surface area contributed by atoms with Crippen LogP contribution in [0.15, 0.2) is 35.2 Å². The summed E-state index contributed by atoms with van der Waals surface area (Å²) < 4.78 is 0. The van der Waals surface area contributed by atoms with Gasteiger partial charge in [0.2, 0.25) is 0 Å². The van der Waals surface area contributed by atoms with Crippen molar-refractivity contribution in [3.8, 4) is 11.3 Å². The second kappa shape index (κ2) is 5.08. The topological polar surface area (TPSA) is 50.9 Å². The lowest BCUT2D eigenvalue weighted by Gasteiger charge is -2.29. The van der Waals surface area contributed by atoms with Crippen LogP contribution < -0.4 is 11.1 Å².